The Balaban J connectivity index is 1.52. The van der Waals surface area contributed by atoms with Gasteiger partial charge in [0.1, 0.15) is 6.10 Å². The summed E-state index contributed by atoms with van der Waals surface area (Å²) in [4.78, 5) is 14.8. The number of amides is 1. The quantitative estimate of drug-likeness (QED) is 0.739. The molecule has 1 amide bonds. The molecule has 0 fully saturated rings. The molecule has 28 heavy (non-hydrogen) atoms. The average molecular weight is 379 g/mol. The van der Waals surface area contributed by atoms with E-state index in [4.69, 9.17) is 0 Å². The van der Waals surface area contributed by atoms with Crippen LogP contribution in [-0.2, 0) is 19.6 Å². The Morgan fingerprint density at radius 1 is 1.21 bits per heavy atom. The van der Waals surface area contributed by atoms with Crippen LogP contribution in [0, 0.1) is 6.92 Å². The summed E-state index contributed by atoms with van der Waals surface area (Å²) in [6.07, 6.45) is 2.06. The molecule has 3 heterocycles. The number of aliphatic hydroxyl groups is 1. The third-order valence-corrected chi connectivity index (χ3v) is 5.13. The van der Waals surface area contributed by atoms with Crippen LogP contribution in [0.5, 0.6) is 0 Å². The van der Waals surface area contributed by atoms with Crippen LogP contribution in [-0.4, -0.2) is 42.0 Å². The molecule has 1 aromatic carbocycles. The highest BCUT2D eigenvalue weighted by Crippen LogP contribution is 2.24. The number of rotatable bonds is 5. The maximum absolute atomic E-state index is 13.0. The van der Waals surface area contributed by atoms with E-state index in [1.54, 1.807) is 0 Å². The van der Waals surface area contributed by atoms with E-state index in [1.165, 1.54) is 0 Å². The van der Waals surface area contributed by atoms with Crippen LogP contribution in [0.1, 0.15) is 52.5 Å². The summed E-state index contributed by atoms with van der Waals surface area (Å²) in [6, 6.07) is 11.4. The van der Waals surface area contributed by atoms with E-state index in [9.17, 15) is 9.90 Å². The van der Waals surface area contributed by atoms with Gasteiger partial charge in [-0.05, 0) is 25.0 Å². The molecule has 0 spiro atoms. The summed E-state index contributed by atoms with van der Waals surface area (Å²) in [7, 11) is 0. The number of benzene rings is 1. The summed E-state index contributed by atoms with van der Waals surface area (Å²) in [5, 5.41) is 19.6. The molecule has 4 rings (SSSR count). The van der Waals surface area contributed by atoms with Crippen LogP contribution in [0.2, 0.25) is 0 Å². The molecule has 0 bridgehead atoms. The fraction of sp³-hybridized carbons (Fsp3) is 0.381. The third kappa shape index (κ3) is 3.45. The minimum absolute atomic E-state index is 0.00235. The van der Waals surface area contributed by atoms with Crippen molar-refractivity contribution in [1.82, 2.24) is 24.5 Å². The van der Waals surface area contributed by atoms with Crippen molar-refractivity contribution in [3.05, 3.63) is 70.8 Å². The molecule has 0 saturated carbocycles. The molecular weight excluding hydrogens is 354 g/mol. The fourth-order valence-electron chi connectivity index (χ4n) is 3.64. The van der Waals surface area contributed by atoms with Gasteiger partial charge >= 0.3 is 0 Å². The molecule has 1 aliphatic rings. The zero-order valence-electron chi connectivity index (χ0n) is 16.2. The number of aryl methyl sites for hydroxylation is 2. The molecule has 0 radical (unpaired) electrons. The smallest absolute Gasteiger partial charge is 0.257 e. The van der Waals surface area contributed by atoms with Crippen molar-refractivity contribution in [2.24, 2.45) is 0 Å². The number of aliphatic hydroxyl groups excluding tert-OH is 1. The van der Waals surface area contributed by atoms with Crippen molar-refractivity contribution in [3.8, 4) is 0 Å². The lowest BCUT2D eigenvalue weighted by atomic mass is 10.1. The van der Waals surface area contributed by atoms with Crippen molar-refractivity contribution >= 4 is 5.91 Å². The first-order valence-electron chi connectivity index (χ1n) is 9.69. The normalized spacial score (nSPS) is 14.8. The van der Waals surface area contributed by atoms with Gasteiger partial charge in [-0.2, -0.15) is 10.2 Å². The number of aromatic nitrogens is 4. The Labute approximate surface area is 164 Å². The lowest BCUT2D eigenvalue weighted by molar-refractivity contribution is 0.0705. The Hall–Kier alpha value is -2.93. The van der Waals surface area contributed by atoms with Crippen molar-refractivity contribution in [2.75, 3.05) is 6.54 Å². The number of hydrogen-bond acceptors (Lipinski definition) is 4. The Bertz CT molecular complexity index is 976. The Morgan fingerprint density at radius 3 is 2.75 bits per heavy atom. The topological polar surface area (TPSA) is 76.2 Å². The number of fused-ring (bicyclic) bond motifs is 1. The van der Waals surface area contributed by atoms with Gasteiger partial charge < -0.3 is 10.0 Å². The number of hydrogen-bond donors (Lipinski definition) is 1. The maximum atomic E-state index is 13.0. The predicted molar refractivity (Wildman–Crippen MR) is 105 cm³/mol. The number of nitrogens with zero attached hydrogens (tertiary/aromatic N) is 5. The SMILES string of the molecule is CCCn1cc(C(=O)N2CCn3nc([C@H](O)c4ccccc4)cc3C2)c(C)n1. The molecule has 3 aromatic rings. The molecule has 7 heteroatoms. The van der Waals surface area contributed by atoms with Crippen molar-refractivity contribution in [1.29, 1.82) is 0 Å². The highest BCUT2D eigenvalue weighted by Gasteiger charge is 2.27. The number of carbonyl (C=O) groups excluding carboxylic acids is 1. The molecule has 0 unspecified atom stereocenters. The third-order valence-electron chi connectivity index (χ3n) is 5.13. The standard InChI is InChI=1S/C21H25N5O2/c1-3-9-25-14-18(15(2)22-25)21(28)24-10-11-26-17(13-24)12-19(23-26)20(27)16-7-5-4-6-8-16/h4-8,12,14,20,27H,3,9-11,13H2,1-2H3/t20-/m1/s1. The van der Waals surface area contributed by atoms with E-state index in [0.29, 0.717) is 30.9 Å². The van der Waals surface area contributed by atoms with Crippen LogP contribution >= 0.6 is 0 Å². The van der Waals surface area contributed by atoms with Crippen LogP contribution in [0.15, 0.2) is 42.6 Å². The molecule has 2 aromatic heterocycles. The largest absolute Gasteiger partial charge is 0.382 e. The molecule has 1 N–H and O–H groups in total. The molecule has 1 atom stereocenters. The van der Waals surface area contributed by atoms with Gasteiger partial charge in [-0.1, -0.05) is 37.3 Å². The van der Waals surface area contributed by atoms with E-state index in [0.717, 1.165) is 29.9 Å². The van der Waals surface area contributed by atoms with Crippen LogP contribution in [0.25, 0.3) is 0 Å². The van der Waals surface area contributed by atoms with Gasteiger partial charge in [-0.15, -0.1) is 0 Å². The molecule has 7 nitrogen and oxygen atoms in total. The zero-order chi connectivity index (χ0) is 19.7. The van der Waals surface area contributed by atoms with Gasteiger partial charge in [0.15, 0.2) is 0 Å². The minimum atomic E-state index is -0.766. The van der Waals surface area contributed by atoms with Crippen molar-refractivity contribution in [3.63, 3.8) is 0 Å². The summed E-state index contributed by atoms with van der Waals surface area (Å²) >= 11 is 0. The van der Waals surface area contributed by atoms with Gasteiger partial charge in [0.25, 0.3) is 5.91 Å². The van der Waals surface area contributed by atoms with Crippen LogP contribution < -0.4 is 0 Å². The van der Waals surface area contributed by atoms with Gasteiger partial charge in [-0.25, -0.2) is 0 Å². The van der Waals surface area contributed by atoms with E-state index in [2.05, 4.69) is 17.1 Å². The highest BCUT2D eigenvalue weighted by molar-refractivity contribution is 5.95. The molecule has 146 valence electrons. The van der Waals surface area contributed by atoms with E-state index in [-0.39, 0.29) is 5.91 Å². The first kappa shape index (κ1) is 18.4. The molecular formula is C21H25N5O2. The summed E-state index contributed by atoms with van der Waals surface area (Å²) < 4.78 is 3.73. The molecule has 1 aliphatic heterocycles. The first-order valence-corrected chi connectivity index (χ1v) is 9.69. The monoisotopic (exact) mass is 379 g/mol. The Kier molecular flexibility index (Phi) is 5.00. The van der Waals surface area contributed by atoms with E-state index < -0.39 is 6.10 Å². The predicted octanol–water partition coefficient (Wildman–Crippen LogP) is 2.54. The van der Waals surface area contributed by atoms with E-state index >= 15 is 0 Å². The first-order chi connectivity index (χ1) is 13.6. The second-order valence-electron chi connectivity index (χ2n) is 7.21. The second-order valence-corrected chi connectivity index (χ2v) is 7.21. The van der Waals surface area contributed by atoms with Crippen LogP contribution in [0.3, 0.4) is 0 Å². The second kappa shape index (κ2) is 7.59. The van der Waals surface area contributed by atoms with Gasteiger partial charge in [0.2, 0.25) is 0 Å². The fourth-order valence-corrected chi connectivity index (χ4v) is 3.64. The lowest BCUT2D eigenvalue weighted by Crippen LogP contribution is -2.38. The van der Waals surface area contributed by atoms with Gasteiger partial charge in [0, 0.05) is 19.3 Å². The van der Waals surface area contributed by atoms with Crippen LogP contribution in [0.4, 0.5) is 0 Å². The van der Waals surface area contributed by atoms with E-state index in [1.807, 2.05) is 63.8 Å². The summed E-state index contributed by atoms with van der Waals surface area (Å²) in [5.41, 5.74) is 3.78. The van der Waals surface area contributed by atoms with Crippen molar-refractivity contribution < 1.29 is 9.90 Å². The average Bonchev–Trinajstić information content (AvgIpc) is 3.30. The lowest BCUT2D eigenvalue weighted by Gasteiger charge is -2.27. The molecule has 0 saturated heterocycles. The minimum Gasteiger partial charge on any atom is -0.382 e. The Morgan fingerprint density at radius 2 is 2.00 bits per heavy atom. The number of carbonyl (C=O) groups is 1. The van der Waals surface area contributed by atoms with Gasteiger partial charge in [0.05, 0.1) is 35.7 Å². The summed E-state index contributed by atoms with van der Waals surface area (Å²) in [5.74, 6) is -0.00235. The summed E-state index contributed by atoms with van der Waals surface area (Å²) in [6.45, 7) is 6.46. The van der Waals surface area contributed by atoms with Gasteiger partial charge in [-0.3, -0.25) is 14.2 Å². The maximum Gasteiger partial charge on any atom is 0.257 e. The van der Waals surface area contributed by atoms with Crippen molar-refractivity contribution in [2.45, 2.75) is 46.0 Å². The zero-order valence-corrected chi connectivity index (χ0v) is 16.2. The highest BCUT2D eigenvalue weighted by atomic mass is 16.3. The molecule has 0 aliphatic carbocycles.